The van der Waals surface area contributed by atoms with E-state index in [0.717, 1.165) is 10.1 Å². The number of rotatable bonds is 2. The molecule has 0 saturated heterocycles. The molecule has 1 nitrogen and oxygen atoms in total. The van der Waals surface area contributed by atoms with Crippen molar-refractivity contribution < 1.29 is 5.11 Å². The largest absolute Gasteiger partial charge is 0.507 e. The lowest BCUT2D eigenvalue weighted by atomic mass is 10.3. The van der Waals surface area contributed by atoms with Crippen molar-refractivity contribution in [1.29, 1.82) is 0 Å². The average molecular weight is 194 g/mol. The molecule has 0 atom stereocenters. The molecule has 0 unspecified atom stereocenters. The highest BCUT2D eigenvalue weighted by Gasteiger charge is 2.17. The van der Waals surface area contributed by atoms with Crippen LogP contribution in [0.2, 0.25) is 0 Å². The number of benzene rings is 1. The smallest absolute Gasteiger partial charge is 0.129 e. The molecule has 0 bridgehead atoms. The molecular formula is C11H14OS. The van der Waals surface area contributed by atoms with Gasteiger partial charge >= 0.3 is 0 Å². The van der Waals surface area contributed by atoms with Crippen LogP contribution in [0.5, 0.6) is 5.75 Å². The fourth-order valence-corrected chi connectivity index (χ4v) is 3.02. The maximum atomic E-state index is 9.55. The second kappa shape index (κ2) is 4.05. The van der Waals surface area contributed by atoms with E-state index in [2.05, 4.69) is 0 Å². The third kappa shape index (κ3) is 2.19. The van der Waals surface area contributed by atoms with Gasteiger partial charge in [-0.1, -0.05) is 25.0 Å². The van der Waals surface area contributed by atoms with Crippen LogP contribution < -0.4 is 0 Å². The van der Waals surface area contributed by atoms with Gasteiger partial charge in [0.05, 0.1) is 0 Å². The molecule has 1 aromatic carbocycles. The first-order valence-corrected chi connectivity index (χ1v) is 5.69. The van der Waals surface area contributed by atoms with Crippen LogP contribution in [0.25, 0.3) is 0 Å². The van der Waals surface area contributed by atoms with E-state index in [1.165, 1.54) is 25.7 Å². The lowest BCUT2D eigenvalue weighted by Crippen LogP contribution is -1.92. The van der Waals surface area contributed by atoms with E-state index < -0.39 is 0 Å². The molecule has 0 spiro atoms. The summed E-state index contributed by atoms with van der Waals surface area (Å²) in [7, 11) is 0. The molecule has 1 aliphatic carbocycles. The van der Waals surface area contributed by atoms with Gasteiger partial charge in [-0.2, -0.15) is 0 Å². The van der Waals surface area contributed by atoms with Crippen molar-refractivity contribution in [3.05, 3.63) is 24.3 Å². The Labute approximate surface area is 83.2 Å². The van der Waals surface area contributed by atoms with Gasteiger partial charge < -0.3 is 5.11 Å². The zero-order chi connectivity index (χ0) is 9.10. The van der Waals surface area contributed by atoms with Gasteiger partial charge in [0.1, 0.15) is 5.75 Å². The van der Waals surface area contributed by atoms with Crippen LogP contribution in [-0.2, 0) is 0 Å². The Balaban J connectivity index is 2.04. The summed E-state index contributed by atoms with van der Waals surface area (Å²) in [6.07, 6.45) is 5.31. The highest BCUT2D eigenvalue weighted by Crippen LogP contribution is 2.38. The molecule has 1 saturated carbocycles. The maximum Gasteiger partial charge on any atom is 0.129 e. The van der Waals surface area contributed by atoms with Crippen LogP contribution >= 0.6 is 11.8 Å². The molecule has 0 aliphatic heterocycles. The summed E-state index contributed by atoms with van der Waals surface area (Å²) in [5.74, 6) is 0.430. The van der Waals surface area contributed by atoms with Gasteiger partial charge in [-0.15, -0.1) is 11.8 Å². The number of hydrogen-bond donors (Lipinski definition) is 1. The summed E-state index contributed by atoms with van der Waals surface area (Å²) in [6.45, 7) is 0. The third-order valence-corrected chi connectivity index (χ3v) is 3.86. The highest BCUT2D eigenvalue weighted by atomic mass is 32.2. The molecule has 70 valence electrons. The van der Waals surface area contributed by atoms with Crippen LogP contribution in [-0.4, -0.2) is 10.4 Å². The number of hydrogen-bond acceptors (Lipinski definition) is 2. The van der Waals surface area contributed by atoms with E-state index in [1.807, 2.05) is 30.0 Å². The summed E-state index contributed by atoms with van der Waals surface area (Å²) >= 11 is 1.83. The molecule has 13 heavy (non-hydrogen) atoms. The van der Waals surface area contributed by atoms with Gasteiger partial charge in [0.2, 0.25) is 0 Å². The molecule has 0 aromatic heterocycles. The number of thioether (sulfide) groups is 1. The highest BCUT2D eigenvalue weighted by molar-refractivity contribution is 8.00. The van der Waals surface area contributed by atoms with Crippen molar-refractivity contribution >= 4 is 11.8 Å². The van der Waals surface area contributed by atoms with Gasteiger partial charge in [0.25, 0.3) is 0 Å². The van der Waals surface area contributed by atoms with Crippen molar-refractivity contribution in [2.24, 2.45) is 0 Å². The first kappa shape index (κ1) is 8.95. The lowest BCUT2D eigenvalue weighted by molar-refractivity contribution is 0.462. The Bertz CT molecular complexity index is 279. The van der Waals surface area contributed by atoms with Gasteiger partial charge in [-0.25, -0.2) is 0 Å². The SMILES string of the molecule is Oc1ccccc1SC1CCCC1. The summed E-state index contributed by atoms with van der Waals surface area (Å²) in [5, 5.41) is 10.3. The normalized spacial score (nSPS) is 17.8. The van der Waals surface area contributed by atoms with Crippen molar-refractivity contribution in [3.8, 4) is 5.75 Å². The molecule has 2 rings (SSSR count). The van der Waals surface area contributed by atoms with Crippen LogP contribution in [0.1, 0.15) is 25.7 Å². The van der Waals surface area contributed by atoms with Gasteiger partial charge in [-0.3, -0.25) is 0 Å². The fourth-order valence-electron chi connectivity index (χ4n) is 1.74. The number of phenols is 1. The minimum Gasteiger partial charge on any atom is -0.507 e. The van der Waals surface area contributed by atoms with Crippen LogP contribution in [0.4, 0.5) is 0 Å². The molecule has 1 fully saturated rings. The molecule has 0 radical (unpaired) electrons. The molecule has 1 aromatic rings. The van der Waals surface area contributed by atoms with Crippen LogP contribution in [0, 0.1) is 0 Å². The zero-order valence-electron chi connectivity index (χ0n) is 7.57. The second-order valence-electron chi connectivity index (χ2n) is 3.49. The van der Waals surface area contributed by atoms with Gasteiger partial charge in [0.15, 0.2) is 0 Å². The van der Waals surface area contributed by atoms with Crippen molar-refractivity contribution in [1.82, 2.24) is 0 Å². The van der Waals surface area contributed by atoms with Gasteiger partial charge in [0, 0.05) is 10.1 Å². The van der Waals surface area contributed by atoms with E-state index in [4.69, 9.17) is 0 Å². The first-order valence-electron chi connectivity index (χ1n) is 4.81. The minimum atomic E-state index is 0.430. The molecule has 0 amide bonds. The second-order valence-corrected chi connectivity index (χ2v) is 4.83. The quantitative estimate of drug-likeness (QED) is 0.778. The third-order valence-electron chi connectivity index (χ3n) is 2.46. The van der Waals surface area contributed by atoms with Crippen molar-refractivity contribution in [2.75, 3.05) is 0 Å². The molecule has 1 N–H and O–H groups in total. The van der Waals surface area contributed by atoms with E-state index in [9.17, 15) is 5.11 Å². The Hall–Kier alpha value is -0.630. The Morgan fingerprint density at radius 2 is 1.85 bits per heavy atom. The number of phenolic OH excluding ortho intramolecular Hbond substituents is 1. The first-order chi connectivity index (χ1) is 6.36. The Morgan fingerprint density at radius 1 is 1.15 bits per heavy atom. The fraction of sp³-hybridized carbons (Fsp3) is 0.455. The van der Waals surface area contributed by atoms with E-state index in [0.29, 0.717) is 5.75 Å². The Kier molecular flexibility index (Phi) is 2.79. The van der Waals surface area contributed by atoms with Crippen LogP contribution in [0.3, 0.4) is 0 Å². The van der Waals surface area contributed by atoms with E-state index >= 15 is 0 Å². The number of para-hydroxylation sites is 1. The monoisotopic (exact) mass is 194 g/mol. The summed E-state index contributed by atoms with van der Waals surface area (Å²) in [4.78, 5) is 1.04. The maximum absolute atomic E-state index is 9.55. The molecule has 1 aliphatic rings. The minimum absolute atomic E-state index is 0.430. The van der Waals surface area contributed by atoms with Gasteiger partial charge in [-0.05, 0) is 25.0 Å². The molecular weight excluding hydrogens is 180 g/mol. The van der Waals surface area contributed by atoms with Crippen LogP contribution in [0.15, 0.2) is 29.2 Å². The summed E-state index contributed by atoms with van der Waals surface area (Å²) in [6, 6.07) is 7.61. The van der Waals surface area contributed by atoms with Crippen molar-refractivity contribution in [3.63, 3.8) is 0 Å². The molecule has 0 heterocycles. The zero-order valence-corrected chi connectivity index (χ0v) is 8.39. The van der Waals surface area contributed by atoms with E-state index in [1.54, 1.807) is 6.07 Å². The molecule has 2 heteroatoms. The average Bonchev–Trinajstić information content (AvgIpc) is 2.61. The number of aromatic hydroxyl groups is 1. The summed E-state index contributed by atoms with van der Waals surface area (Å²) in [5.41, 5.74) is 0. The predicted octanol–water partition coefficient (Wildman–Crippen LogP) is 3.43. The van der Waals surface area contributed by atoms with E-state index in [-0.39, 0.29) is 0 Å². The standard InChI is InChI=1S/C11H14OS/c12-10-7-3-4-8-11(10)13-9-5-1-2-6-9/h3-4,7-9,12H,1-2,5-6H2. The topological polar surface area (TPSA) is 20.2 Å². The Morgan fingerprint density at radius 3 is 2.54 bits per heavy atom. The lowest BCUT2D eigenvalue weighted by Gasteiger charge is -2.09. The summed E-state index contributed by atoms with van der Waals surface area (Å²) < 4.78 is 0. The predicted molar refractivity (Wildman–Crippen MR) is 56.2 cm³/mol. The van der Waals surface area contributed by atoms with Crippen molar-refractivity contribution in [2.45, 2.75) is 35.8 Å².